The van der Waals surface area contributed by atoms with Crippen LogP contribution in [0.1, 0.15) is 31.9 Å². The summed E-state index contributed by atoms with van der Waals surface area (Å²) in [7, 11) is 0. The van der Waals surface area contributed by atoms with Crippen LogP contribution in [0.2, 0.25) is 5.15 Å². The van der Waals surface area contributed by atoms with Crippen LogP contribution in [0, 0.1) is 0 Å². The van der Waals surface area contributed by atoms with E-state index in [2.05, 4.69) is 26.9 Å². The van der Waals surface area contributed by atoms with E-state index in [1.807, 2.05) is 6.07 Å². The van der Waals surface area contributed by atoms with Crippen molar-refractivity contribution < 1.29 is 0 Å². The first kappa shape index (κ1) is 11.7. The molecule has 18 heavy (non-hydrogen) atoms. The number of aromatic nitrogens is 4. The second-order valence-electron chi connectivity index (χ2n) is 4.64. The molecule has 0 bridgehead atoms. The molecule has 1 fully saturated rings. The van der Waals surface area contributed by atoms with Crippen LogP contribution in [0.3, 0.4) is 0 Å². The first-order chi connectivity index (χ1) is 8.78. The van der Waals surface area contributed by atoms with Gasteiger partial charge in [-0.05, 0) is 25.3 Å². The van der Waals surface area contributed by atoms with Crippen molar-refractivity contribution in [3.05, 3.63) is 16.9 Å². The van der Waals surface area contributed by atoms with Crippen LogP contribution >= 0.6 is 11.6 Å². The average molecular weight is 266 g/mol. The molecule has 0 unspecified atom stereocenters. The Morgan fingerprint density at radius 2 is 2.06 bits per heavy atom. The van der Waals surface area contributed by atoms with Crippen molar-refractivity contribution in [1.82, 2.24) is 19.6 Å². The fourth-order valence-corrected chi connectivity index (χ4v) is 2.54. The van der Waals surface area contributed by atoms with Gasteiger partial charge in [0.25, 0.3) is 5.78 Å². The van der Waals surface area contributed by atoms with Crippen LogP contribution in [0.4, 0.5) is 5.95 Å². The molecule has 0 aliphatic carbocycles. The number of hydrogen-bond donors (Lipinski definition) is 0. The predicted molar refractivity (Wildman–Crippen MR) is 71.2 cm³/mol. The van der Waals surface area contributed by atoms with E-state index in [-0.39, 0.29) is 0 Å². The number of hydrogen-bond acceptors (Lipinski definition) is 4. The molecule has 3 rings (SSSR count). The van der Waals surface area contributed by atoms with Gasteiger partial charge in [0, 0.05) is 18.8 Å². The number of fused-ring (bicyclic) bond motifs is 1. The summed E-state index contributed by atoms with van der Waals surface area (Å²) >= 11 is 6.22. The lowest BCUT2D eigenvalue weighted by Crippen LogP contribution is -2.19. The summed E-state index contributed by atoms with van der Waals surface area (Å²) < 4.78 is 1.62. The van der Waals surface area contributed by atoms with Gasteiger partial charge in [-0.2, -0.15) is 9.50 Å². The van der Waals surface area contributed by atoms with E-state index < -0.39 is 0 Å². The van der Waals surface area contributed by atoms with E-state index in [4.69, 9.17) is 11.6 Å². The smallest absolute Gasteiger partial charge is 0.255 e. The highest BCUT2D eigenvalue weighted by Gasteiger charge is 2.18. The zero-order valence-corrected chi connectivity index (χ0v) is 11.2. The van der Waals surface area contributed by atoms with E-state index in [0.29, 0.717) is 10.9 Å². The molecule has 5 nitrogen and oxygen atoms in total. The fraction of sp³-hybridized carbons (Fsp3) is 0.583. The van der Waals surface area contributed by atoms with Crippen molar-refractivity contribution in [2.75, 3.05) is 18.0 Å². The Morgan fingerprint density at radius 1 is 1.28 bits per heavy atom. The third kappa shape index (κ3) is 2.03. The van der Waals surface area contributed by atoms with Crippen LogP contribution < -0.4 is 4.90 Å². The second-order valence-corrected chi connectivity index (χ2v) is 5.03. The van der Waals surface area contributed by atoms with E-state index >= 15 is 0 Å². The van der Waals surface area contributed by atoms with Gasteiger partial charge in [-0.15, -0.1) is 5.10 Å². The molecule has 0 saturated carbocycles. The van der Waals surface area contributed by atoms with Gasteiger partial charge < -0.3 is 4.90 Å². The van der Waals surface area contributed by atoms with Crippen molar-refractivity contribution >= 4 is 23.3 Å². The highest BCUT2D eigenvalue weighted by atomic mass is 35.5. The van der Waals surface area contributed by atoms with Gasteiger partial charge in [0.05, 0.1) is 0 Å². The second kappa shape index (κ2) is 4.72. The molecule has 0 amide bonds. The van der Waals surface area contributed by atoms with Gasteiger partial charge in [-0.3, -0.25) is 0 Å². The van der Waals surface area contributed by atoms with E-state index in [9.17, 15) is 0 Å². The van der Waals surface area contributed by atoms with Crippen molar-refractivity contribution in [2.45, 2.75) is 32.6 Å². The highest BCUT2D eigenvalue weighted by Crippen LogP contribution is 2.19. The lowest BCUT2D eigenvalue weighted by Gasteiger charge is -2.10. The number of halogens is 1. The molecule has 0 atom stereocenters. The molecule has 1 saturated heterocycles. The molecule has 0 aromatic carbocycles. The summed E-state index contributed by atoms with van der Waals surface area (Å²) in [6.45, 7) is 4.17. The summed E-state index contributed by atoms with van der Waals surface area (Å²) in [6, 6.07) is 1.88. The topological polar surface area (TPSA) is 46.3 Å². The minimum atomic E-state index is 0.585. The number of anilines is 1. The third-order valence-electron chi connectivity index (χ3n) is 3.21. The maximum atomic E-state index is 6.22. The Balaban J connectivity index is 2.02. The molecule has 2 aromatic rings. The highest BCUT2D eigenvalue weighted by molar-refractivity contribution is 6.29. The summed E-state index contributed by atoms with van der Waals surface area (Å²) in [4.78, 5) is 11.2. The van der Waals surface area contributed by atoms with Crippen molar-refractivity contribution in [2.24, 2.45) is 0 Å². The summed E-state index contributed by atoms with van der Waals surface area (Å²) in [5, 5.41) is 5.02. The van der Waals surface area contributed by atoms with Crippen LogP contribution in [-0.2, 0) is 6.42 Å². The zero-order valence-electron chi connectivity index (χ0n) is 10.4. The Morgan fingerprint density at radius 3 is 2.78 bits per heavy atom. The predicted octanol–water partition coefficient (Wildman–Crippen LogP) is 2.33. The van der Waals surface area contributed by atoms with E-state index in [1.165, 1.54) is 12.8 Å². The standard InChI is InChI=1S/C12H16ClN5/c1-2-5-9-8-10(13)18-11(14-9)15-12(16-18)17-6-3-4-7-17/h8H,2-7H2,1H3. The van der Waals surface area contributed by atoms with Crippen molar-refractivity contribution in [3.8, 4) is 0 Å². The maximum Gasteiger partial charge on any atom is 0.255 e. The largest absolute Gasteiger partial charge is 0.339 e. The van der Waals surface area contributed by atoms with E-state index in [1.54, 1.807) is 4.52 Å². The molecular weight excluding hydrogens is 250 g/mol. The summed E-state index contributed by atoms with van der Waals surface area (Å²) in [6.07, 6.45) is 4.38. The van der Waals surface area contributed by atoms with Crippen LogP contribution in [0.15, 0.2) is 6.07 Å². The van der Waals surface area contributed by atoms with E-state index in [0.717, 1.165) is 37.6 Å². The van der Waals surface area contributed by atoms with Gasteiger partial charge in [-0.25, -0.2) is 4.98 Å². The lowest BCUT2D eigenvalue weighted by molar-refractivity contribution is 0.847. The van der Waals surface area contributed by atoms with Gasteiger partial charge >= 0.3 is 0 Å². The number of aryl methyl sites for hydroxylation is 1. The molecule has 0 spiro atoms. The minimum absolute atomic E-state index is 0.585. The monoisotopic (exact) mass is 265 g/mol. The van der Waals surface area contributed by atoms with Crippen molar-refractivity contribution in [1.29, 1.82) is 0 Å². The molecule has 6 heteroatoms. The third-order valence-corrected chi connectivity index (χ3v) is 3.47. The Kier molecular flexibility index (Phi) is 3.07. The van der Waals surface area contributed by atoms with Gasteiger partial charge in [0.1, 0.15) is 5.15 Å². The van der Waals surface area contributed by atoms with Crippen LogP contribution in [-0.4, -0.2) is 32.7 Å². The molecule has 1 aliphatic rings. The zero-order chi connectivity index (χ0) is 12.5. The molecule has 3 heterocycles. The molecule has 0 radical (unpaired) electrons. The Bertz CT molecular complexity index is 559. The number of nitrogens with zero attached hydrogens (tertiary/aromatic N) is 5. The summed E-state index contributed by atoms with van der Waals surface area (Å²) in [5.41, 5.74) is 0.982. The van der Waals surface area contributed by atoms with Crippen LogP contribution in [0.25, 0.3) is 5.78 Å². The molecular formula is C12H16ClN5. The Hall–Kier alpha value is -1.36. The van der Waals surface area contributed by atoms with Gasteiger partial charge in [0.15, 0.2) is 0 Å². The molecule has 96 valence electrons. The minimum Gasteiger partial charge on any atom is -0.339 e. The average Bonchev–Trinajstić information content (AvgIpc) is 2.97. The maximum absolute atomic E-state index is 6.22. The fourth-order valence-electron chi connectivity index (χ4n) is 2.30. The van der Waals surface area contributed by atoms with Crippen LogP contribution in [0.5, 0.6) is 0 Å². The lowest BCUT2D eigenvalue weighted by atomic mass is 10.2. The quantitative estimate of drug-likeness (QED) is 0.799. The van der Waals surface area contributed by atoms with Crippen molar-refractivity contribution in [3.63, 3.8) is 0 Å². The number of rotatable bonds is 3. The van der Waals surface area contributed by atoms with Gasteiger partial charge in [0.2, 0.25) is 5.95 Å². The molecule has 0 N–H and O–H groups in total. The SMILES string of the molecule is CCCc1cc(Cl)n2nc(N3CCCC3)nc2n1. The summed E-state index contributed by atoms with van der Waals surface area (Å²) in [5.74, 6) is 1.35. The molecule has 1 aliphatic heterocycles. The molecule has 2 aromatic heterocycles. The first-order valence-corrected chi connectivity index (χ1v) is 6.83. The first-order valence-electron chi connectivity index (χ1n) is 6.45. The Labute approximate surface area is 111 Å². The van der Waals surface area contributed by atoms with Gasteiger partial charge in [-0.1, -0.05) is 24.9 Å². The normalized spacial score (nSPS) is 15.8.